The fourth-order valence-electron chi connectivity index (χ4n) is 2.86. The number of nitrogens with zero attached hydrogens (tertiary/aromatic N) is 2. The second kappa shape index (κ2) is 8.73. The van der Waals surface area contributed by atoms with Gasteiger partial charge in [0.1, 0.15) is 5.82 Å². The Balaban J connectivity index is 1.71. The van der Waals surface area contributed by atoms with Gasteiger partial charge in [-0.1, -0.05) is 18.6 Å². The van der Waals surface area contributed by atoms with E-state index in [1.165, 1.54) is 37.9 Å². The van der Waals surface area contributed by atoms with Crippen molar-refractivity contribution in [1.82, 2.24) is 15.5 Å². The quantitative estimate of drug-likeness (QED) is 0.648. The minimum Gasteiger partial charge on any atom is -0.355 e. The summed E-state index contributed by atoms with van der Waals surface area (Å²) in [5.74, 6) is 0.551. The average molecular weight is 306 g/mol. The molecular weight excluding hydrogens is 279 g/mol. The van der Waals surface area contributed by atoms with E-state index in [0.717, 1.165) is 24.6 Å². The van der Waals surface area contributed by atoms with Crippen LogP contribution in [0.1, 0.15) is 31.7 Å². The summed E-state index contributed by atoms with van der Waals surface area (Å²) in [6.45, 7) is 5.96. The lowest BCUT2D eigenvalue weighted by Gasteiger charge is -2.33. The maximum absolute atomic E-state index is 13.1. The van der Waals surface area contributed by atoms with Crippen molar-refractivity contribution < 1.29 is 4.39 Å². The van der Waals surface area contributed by atoms with Crippen LogP contribution < -0.4 is 10.6 Å². The van der Waals surface area contributed by atoms with Gasteiger partial charge in [0.25, 0.3) is 0 Å². The van der Waals surface area contributed by atoms with Crippen LogP contribution in [-0.4, -0.2) is 43.6 Å². The third-order valence-corrected chi connectivity index (χ3v) is 4.20. The average Bonchev–Trinajstić information content (AvgIpc) is 2.52. The highest BCUT2D eigenvalue weighted by molar-refractivity contribution is 5.79. The Morgan fingerprint density at radius 1 is 1.36 bits per heavy atom. The lowest BCUT2D eigenvalue weighted by Crippen LogP contribution is -2.45. The zero-order valence-corrected chi connectivity index (χ0v) is 13.6. The molecular formula is C17H27FN4. The molecule has 0 spiro atoms. The van der Waals surface area contributed by atoms with E-state index >= 15 is 0 Å². The molecule has 5 heteroatoms. The Bertz CT molecular complexity index is 489. The highest BCUT2D eigenvalue weighted by atomic mass is 19.1. The summed E-state index contributed by atoms with van der Waals surface area (Å²) < 4.78 is 13.1. The molecule has 0 bridgehead atoms. The number of piperidine rings is 1. The van der Waals surface area contributed by atoms with Gasteiger partial charge in [0.05, 0.1) is 0 Å². The fraction of sp³-hybridized carbons (Fsp3) is 0.588. The third-order valence-electron chi connectivity index (χ3n) is 4.20. The van der Waals surface area contributed by atoms with Crippen molar-refractivity contribution in [1.29, 1.82) is 0 Å². The molecule has 4 nitrogen and oxygen atoms in total. The molecule has 1 aliphatic rings. The third kappa shape index (κ3) is 5.30. The molecule has 1 saturated heterocycles. The molecule has 0 amide bonds. The summed E-state index contributed by atoms with van der Waals surface area (Å²) in [6, 6.07) is 7.29. The second-order valence-corrected chi connectivity index (χ2v) is 5.86. The monoisotopic (exact) mass is 306 g/mol. The summed E-state index contributed by atoms with van der Waals surface area (Å²) >= 11 is 0. The van der Waals surface area contributed by atoms with E-state index in [-0.39, 0.29) is 5.82 Å². The van der Waals surface area contributed by atoms with E-state index < -0.39 is 0 Å². The summed E-state index contributed by atoms with van der Waals surface area (Å²) in [6.07, 6.45) is 3.95. The molecule has 1 fully saturated rings. The van der Waals surface area contributed by atoms with E-state index in [9.17, 15) is 4.39 Å². The largest absolute Gasteiger partial charge is 0.355 e. The van der Waals surface area contributed by atoms with Crippen molar-refractivity contribution >= 4 is 5.96 Å². The van der Waals surface area contributed by atoms with Crippen LogP contribution in [0.3, 0.4) is 0 Å². The molecule has 0 aromatic heterocycles. The van der Waals surface area contributed by atoms with Crippen LogP contribution in [0.15, 0.2) is 29.3 Å². The normalized spacial score (nSPS) is 20.0. The van der Waals surface area contributed by atoms with Gasteiger partial charge in [0.15, 0.2) is 5.96 Å². The lowest BCUT2D eigenvalue weighted by molar-refractivity contribution is 0.163. The number of aliphatic imine (C=N–C) groups is 1. The molecule has 0 aliphatic carbocycles. The predicted molar refractivity (Wildman–Crippen MR) is 89.5 cm³/mol. The van der Waals surface area contributed by atoms with Crippen molar-refractivity contribution in [2.24, 2.45) is 4.99 Å². The van der Waals surface area contributed by atoms with Gasteiger partial charge in [-0.15, -0.1) is 0 Å². The molecule has 1 unspecified atom stereocenters. The van der Waals surface area contributed by atoms with Crippen LogP contribution in [0.25, 0.3) is 0 Å². The van der Waals surface area contributed by atoms with Gasteiger partial charge in [0, 0.05) is 32.7 Å². The number of benzene rings is 1. The Kier molecular flexibility index (Phi) is 6.65. The van der Waals surface area contributed by atoms with Crippen molar-refractivity contribution in [2.45, 2.75) is 38.8 Å². The zero-order chi connectivity index (χ0) is 15.8. The smallest absolute Gasteiger partial charge is 0.191 e. The number of nitrogens with one attached hydrogen (secondary N) is 2. The first-order chi connectivity index (χ1) is 10.7. The van der Waals surface area contributed by atoms with Crippen LogP contribution in [0.5, 0.6) is 0 Å². The van der Waals surface area contributed by atoms with Gasteiger partial charge in [0.2, 0.25) is 0 Å². The SMILES string of the molecule is CN=C(NCCN1CCCCC1C)NCc1cccc(F)c1. The standard InChI is InChI=1S/C17H27FN4/c1-14-6-3-4-10-22(14)11-9-20-17(19-2)21-13-15-7-5-8-16(18)12-15/h5,7-8,12,14H,3-4,6,9-11,13H2,1-2H3,(H2,19,20,21). The Morgan fingerprint density at radius 3 is 2.95 bits per heavy atom. The highest BCUT2D eigenvalue weighted by Crippen LogP contribution is 2.15. The minimum atomic E-state index is -0.207. The van der Waals surface area contributed by atoms with Crippen molar-refractivity contribution in [2.75, 3.05) is 26.7 Å². The number of guanidine groups is 1. The first-order valence-corrected chi connectivity index (χ1v) is 8.12. The van der Waals surface area contributed by atoms with Gasteiger partial charge < -0.3 is 10.6 Å². The maximum Gasteiger partial charge on any atom is 0.191 e. The number of hydrogen-bond acceptors (Lipinski definition) is 2. The minimum absolute atomic E-state index is 0.207. The number of rotatable bonds is 5. The van der Waals surface area contributed by atoms with Crippen LogP contribution in [-0.2, 0) is 6.54 Å². The number of halogens is 1. The second-order valence-electron chi connectivity index (χ2n) is 5.86. The van der Waals surface area contributed by atoms with Crippen molar-refractivity contribution in [3.63, 3.8) is 0 Å². The van der Waals surface area contributed by atoms with Gasteiger partial charge in [-0.2, -0.15) is 0 Å². The van der Waals surface area contributed by atoms with E-state index in [1.807, 2.05) is 6.07 Å². The molecule has 2 rings (SSSR count). The molecule has 1 aliphatic heterocycles. The first-order valence-electron chi connectivity index (χ1n) is 8.12. The van der Waals surface area contributed by atoms with Crippen LogP contribution in [0.2, 0.25) is 0 Å². The summed E-state index contributed by atoms with van der Waals surface area (Å²) in [4.78, 5) is 6.73. The van der Waals surface area contributed by atoms with E-state index in [4.69, 9.17) is 0 Å². The molecule has 22 heavy (non-hydrogen) atoms. The zero-order valence-electron chi connectivity index (χ0n) is 13.6. The topological polar surface area (TPSA) is 39.7 Å². The Morgan fingerprint density at radius 2 is 2.23 bits per heavy atom. The maximum atomic E-state index is 13.1. The molecule has 1 aromatic carbocycles. The molecule has 1 atom stereocenters. The summed E-state index contributed by atoms with van der Waals surface area (Å²) in [7, 11) is 1.75. The van der Waals surface area contributed by atoms with E-state index in [2.05, 4.69) is 27.4 Å². The van der Waals surface area contributed by atoms with E-state index in [1.54, 1.807) is 13.1 Å². The number of hydrogen-bond donors (Lipinski definition) is 2. The molecule has 2 N–H and O–H groups in total. The Labute approximate surface area is 132 Å². The first kappa shape index (κ1) is 16.7. The highest BCUT2D eigenvalue weighted by Gasteiger charge is 2.17. The predicted octanol–water partition coefficient (Wildman–Crippen LogP) is 2.37. The molecule has 1 heterocycles. The molecule has 0 radical (unpaired) electrons. The Hall–Kier alpha value is -1.62. The molecule has 0 saturated carbocycles. The number of likely N-dealkylation sites (tertiary alicyclic amines) is 1. The summed E-state index contributed by atoms with van der Waals surface area (Å²) in [5.41, 5.74) is 0.910. The van der Waals surface area contributed by atoms with Crippen molar-refractivity contribution in [3.8, 4) is 0 Å². The van der Waals surface area contributed by atoms with Gasteiger partial charge in [-0.05, 0) is 44.0 Å². The van der Waals surface area contributed by atoms with Gasteiger partial charge >= 0.3 is 0 Å². The van der Waals surface area contributed by atoms with Crippen LogP contribution in [0, 0.1) is 5.82 Å². The van der Waals surface area contributed by atoms with Crippen LogP contribution >= 0.6 is 0 Å². The van der Waals surface area contributed by atoms with Gasteiger partial charge in [-0.3, -0.25) is 9.89 Å². The van der Waals surface area contributed by atoms with E-state index in [0.29, 0.717) is 12.6 Å². The van der Waals surface area contributed by atoms with Crippen LogP contribution in [0.4, 0.5) is 4.39 Å². The summed E-state index contributed by atoms with van der Waals surface area (Å²) in [5, 5.41) is 6.54. The van der Waals surface area contributed by atoms with Gasteiger partial charge in [-0.25, -0.2) is 4.39 Å². The molecule has 122 valence electrons. The van der Waals surface area contributed by atoms with Crippen molar-refractivity contribution in [3.05, 3.63) is 35.6 Å². The fourth-order valence-corrected chi connectivity index (χ4v) is 2.86. The molecule has 1 aromatic rings. The lowest BCUT2D eigenvalue weighted by atomic mass is 10.0.